The summed E-state index contributed by atoms with van der Waals surface area (Å²) in [5.41, 5.74) is 2.23. The molecule has 0 aliphatic carbocycles. The molecule has 0 unspecified atom stereocenters. The van der Waals surface area contributed by atoms with Crippen molar-refractivity contribution in [3.05, 3.63) is 94.5 Å². The molecule has 0 spiro atoms. The number of fused-ring (bicyclic) bond motifs is 1. The normalized spacial score (nSPS) is 13.9. The number of halogens is 1. The first kappa shape index (κ1) is 22.7. The van der Waals surface area contributed by atoms with E-state index in [-0.39, 0.29) is 11.6 Å². The fraction of sp³-hybridized carbons (Fsp3) is 0.179. The van der Waals surface area contributed by atoms with E-state index in [0.29, 0.717) is 49.4 Å². The maximum atomic E-state index is 13.0. The minimum absolute atomic E-state index is 0.102. The Labute approximate surface area is 208 Å². The van der Waals surface area contributed by atoms with Gasteiger partial charge in [-0.1, -0.05) is 66.2 Å². The lowest BCUT2D eigenvalue weighted by atomic mass is 10.0. The summed E-state index contributed by atoms with van der Waals surface area (Å²) in [6.07, 6.45) is 3.96. The van der Waals surface area contributed by atoms with Gasteiger partial charge in [-0.05, 0) is 40.1 Å². The lowest BCUT2D eigenvalue weighted by Gasteiger charge is -2.34. The molecule has 0 atom stereocenters. The van der Waals surface area contributed by atoms with Crippen molar-refractivity contribution in [3.63, 3.8) is 0 Å². The summed E-state index contributed by atoms with van der Waals surface area (Å²) >= 11 is 5.93. The highest BCUT2D eigenvalue weighted by Gasteiger charge is 2.26. The monoisotopic (exact) mass is 482 g/mol. The molecule has 3 aromatic carbocycles. The van der Waals surface area contributed by atoms with Crippen molar-refractivity contribution in [2.24, 2.45) is 0 Å². The number of hydrogen-bond donors (Lipinski definition) is 0. The van der Waals surface area contributed by atoms with Crippen LogP contribution in [0.4, 0.5) is 5.88 Å². The highest BCUT2D eigenvalue weighted by Crippen LogP contribution is 2.25. The van der Waals surface area contributed by atoms with Gasteiger partial charge in [-0.25, -0.2) is 0 Å². The Kier molecular flexibility index (Phi) is 6.51. The first-order chi connectivity index (χ1) is 17.1. The first-order valence-electron chi connectivity index (χ1n) is 11.4. The van der Waals surface area contributed by atoms with Crippen LogP contribution in [0, 0.1) is 11.3 Å². The molecule has 1 saturated heterocycles. The maximum absolute atomic E-state index is 13.0. The minimum Gasteiger partial charge on any atom is -0.420 e. The topological polar surface area (TPSA) is 73.4 Å². The standard InChI is InChI=1S/C28H23ClN4O2/c29-23-11-8-20(9-12-23)10-13-26-31-25(19-30)28(35-26)33-16-14-32(15-17-33)27(34)18-22-6-3-5-21-4-1-2-7-24(21)22/h1-13H,14-18H2. The van der Waals surface area contributed by atoms with Crippen LogP contribution in [0.1, 0.15) is 22.7 Å². The van der Waals surface area contributed by atoms with Crippen molar-refractivity contribution in [2.75, 3.05) is 31.1 Å². The van der Waals surface area contributed by atoms with Crippen LogP contribution >= 0.6 is 11.6 Å². The molecule has 0 saturated carbocycles. The fourth-order valence-corrected chi connectivity index (χ4v) is 4.43. The zero-order chi connectivity index (χ0) is 24.2. The Morgan fingerprint density at radius 2 is 1.74 bits per heavy atom. The summed E-state index contributed by atoms with van der Waals surface area (Å²) in [6, 6.07) is 23.7. The molecular weight excluding hydrogens is 460 g/mol. The zero-order valence-electron chi connectivity index (χ0n) is 19.0. The molecule has 35 heavy (non-hydrogen) atoms. The summed E-state index contributed by atoms with van der Waals surface area (Å²) in [4.78, 5) is 21.2. The van der Waals surface area contributed by atoms with E-state index >= 15 is 0 Å². The van der Waals surface area contributed by atoms with Crippen molar-refractivity contribution in [1.82, 2.24) is 9.88 Å². The third-order valence-electron chi connectivity index (χ3n) is 6.16. The number of amides is 1. The molecule has 1 amide bonds. The summed E-state index contributed by atoms with van der Waals surface area (Å²) in [7, 11) is 0. The van der Waals surface area contributed by atoms with Gasteiger partial charge < -0.3 is 14.2 Å². The highest BCUT2D eigenvalue weighted by molar-refractivity contribution is 6.30. The number of oxazole rings is 1. The second-order valence-electron chi connectivity index (χ2n) is 8.39. The largest absolute Gasteiger partial charge is 0.420 e. The van der Waals surface area contributed by atoms with E-state index in [9.17, 15) is 10.1 Å². The lowest BCUT2D eigenvalue weighted by molar-refractivity contribution is -0.130. The van der Waals surface area contributed by atoms with Gasteiger partial charge in [-0.2, -0.15) is 10.2 Å². The van der Waals surface area contributed by atoms with Crippen LogP contribution in [0.25, 0.3) is 22.9 Å². The molecule has 2 heterocycles. The maximum Gasteiger partial charge on any atom is 0.235 e. The molecule has 1 aromatic heterocycles. The molecule has 0 bridgehead atoms. The Balaban J connectivity index is 1.24. The number of carbonyl (C=O) groups excluding carboxylic acids is 1. The molecule has 7 heteroatoms. The number of piperazine rings is 1. The zero-order valence-corrected chi connectivity index (χ0v) is 19.8. The van der Waals surface area contributed by atoms with E-state index in [1.54, 1.807) is 6.08 Å². The van der Waals surface area contributed by atoms with Gasteiger partial charge in [-0.3, -0.25) is 4.79 Å². The summed E-state index contributed by atoms with van der Waals surface area (Å²) in [6.45, 7) is 2.27. The number of nitrogens with zero attached hydrogens (tertiary/aromatic N) is 4. The van der Waals surface area contributed by atoms with Gasteiger partial charge in [0.25, 0.3) is 0 Å². The summed E-state index contributed by atoms with van der Waals surface area (Å²) < 4.78 is 5.91. The number of rotatable bonds is 5. The minimum atomic E-state index is 0.102. The van der Waals surface area contributed by atoms with Crippen LogP contribution in [0.3, 0.4) is 0 Å². The second-order valence-corrected chi connectivity index (χ2v) is 8.82. The van der Waals surface area contributed by atoms with Gasteiger partial charge in [0, 0.05) is 37.3 Å². The average Bonchev–Trinajstić information content (AvgIpc) is 3.32. The van der Waals surface area contributed by atoms with E-state index in [2.05, 4.69) is 29.3 Å². The number of benzene rings is 3. The van der Waals surface area contributed by atoms with E-state index in [4.69, 9.17) is 16.0 Å². The van der Waals surface area contributed by atoms with Gasteiger partial charge in [0.15, 0.2) is 0 Å². The third kappa shape index (κ3) is 5.06. The van der Waals surface area contributed by atoms with Crippen LogP contribution in [0.2, 0.25) is 5.02 Å². The predicted molar refractivity (Wildman–Crippen MR) is 138 cm³/mol. The smallest absolute Gasteiger partial charge is 0.235 e. The average molecular weight is 483 g/mol. The van der Waals surface area contributed by atoms with Crippen molar-refractivity contribution in [2.45, 2.75) is 6.42 Å². The van der Waals surface area contributed by atoms with Crippen LogP contribution in [-0.2, 0) is 11.2 Å². The molecule has 4 aromatic rings. The number of anilines is 1. The Morgan fingerprint density at radius 1 is 1.00 bits per heavy atom. The first-order valence-corrected chi connectivity index (χ1v) is 11.8. The van der Waals surface area contributed by atoms with Crippen molar-refractivity contribution in [3.8, 4) is 6.07 Å². The Morgan fingerprint density at radius 3 is 2.51 bits per heavy atom. The number of aromatic nitrogens is 1. The Bertz CT molecular complexity index is 1420. The van der Waals surface area contributed by atoms with Crippen LogP contribution in [0.5, 0.6) is 0 Å². The van der Waals surface area contributed by atoms with Gasteiger partial charge >= 0.3 is 0 Å². The predicted octanol–water partition coefficient (Wildman–Crippen LogP) is 5.41. The fourth-order valence-electron chi connectivity index (χ4n) is 4.31. The van der Waals surface area contributed by atoms with Crippen LogP contribution < -0.4 is 4.90 Å². The SMILES string of the molecule is N#Cc1nc(C=Cc2ccc(Cl)cc2)oc1N1CCN(C(=O)Cc2cccc3ccccc23)CC1. The molecule has 0 radical (unpaired) electrons. The third-order valence-corrected chi connectivity index (χ3v) is 6.41. The Hall–Kier alpha value is -4.08. The molecular formula is C28H23ClN4O2. The number of carbonyl (C=O) groups is 1. The van der Waals surface area contributed by atoms with Gasteiger partial charge in [0.1, 0.15) is 6.07 Å². The lowest BCUT2D eigenvalue weighted by Crippen LogP contribution is -2.49. The molecule has 1 fully saturated rings. The van der Waals surface area contributed by atoms with Crippen molar-refractivity contribution in [1.29, 1.82) is 5.26 Å². The summed E-state index contributed by atoms with van der Waals surface area (Å²) in [5, 5.41) is 12.5. The molecule has 0 N–H and O–H groups in total. The highest BCUT2D eigenvalue weighted by atomic mass is 35.5. The second kappa shape index (κ2) is 10.0. The number of nitriles is 1. The van der Waals surface area contributed by atoms with E-state index in [1.165, 1.54) is 0 Å². The van der Waals surface area contributed by atoms with E-state index in [1.807, 2.05) is 64.4 Å². The van der Waals surface area contributed by atoms with Crippen LogP contribution in [-0.4, -0.2) is 42.0 Å². The summed E-state index contributed by atoms with van der Waals surface area (Å²) in [5.74, 6) is 0.913. The van der Waals surface area contributed by atoms with E-state index in [0.717, 1.165) is 21.9 Å². The molecule has 174 valence electrons. The van der Waals surface area contributed by atoms with Gasteiger partial charge in [-0.15, -0.1) is 0 Å². The molecule has 5 rings (SSSR count). The number of hydrogen-bond acceptors (Lipinski definition) is 5. The van der Waals surface area contributed by atoms with E-state index < -0.39 is 0 Å². The van der Waals surface area contributed by atoms with Gasteiger partial charge in [0.2, 0.25) is 23.4 Å². The molecule has 1 aliphatic rings. The van der Waals surface area contributed by atoms with Crippen molar-refractivity contribution < 1.29 is 9.21 Å². The molecule has 6 nitrogen and oxygen atoms in total. The van der Waals surface area contributed by atoms with Crippen LogP contribution in [0.15, 0.2) is 71.1 Å². The molecule has 1 aliphatic heterocycles. The van der Waals surface area contributed by atoms with Crippen molar-refractivity contribution >= 4 is 46.3 Å². The van der Waals surface area contributed by atoms with Gasteiger partial charge in [0.05, 0.1) is 6.42 Å². The quantitative estimate of drug-likeness (QED) is 0.380.